The minimum atomic E-state index is 0.821. The van der Waals surface area contributed by atoms with E-state index in [1.807, 2.05) is 0 Å². The van der Waals surface area contributed by atoms with Crippen molar-refractivity contribution in [2.75, 3.05) is 46.8 Å². The Hall–Kier alpha value is -0.120. The van der Waals surface area contributed by atoms with E-state index in [1.54, 1.807) is 0 Å². The van der Waals surface area contributed by atoms with Crippen LogP contribution in [0.2, 0.25) is 0 Å². The first-order chi connectivity index (χ1) is 7.74. The van der Waals surface area contributed by atoms with Crippen LogP contribution in [0.4, 0.5) is 0 Å². The second kappa shape index (κ2) is 8.04. The molecular formula is C13H29N3. The summed E-state index contributed by atoms with van der Waals surface area (Å²) in [4.78, 5) is 4.96. The third-order valence-electron chi connectivity index (χ3n) is 3.52. The molecule has 1 aliphatic rings. The third kappa shape index (κ3) is 5.28. The average Bonchev–Trinajstić information content (AvgIpc) is 2.52. The fourth-order valence-corrected chi connectivity index (χ4v) is 2.55. The first-order valence-electron chi connectivity index (χ1n) is 6.83. The first-order valence-corrected chi connectivity index (χ1v) is 6.83. The van der Waals surface area contributed by atoms with Gasteiger partial charge in [-0.05, 0) is 72.5 Å². The van der Waals surface area contributed by atoms with E-state index < -0.39 is 0 Å². The van der Waals surface area contributed by atoms with Crippen molar-refractivity contribution in [1.29, 1.82) is 0 Å². The van der Waals surface area contributed by atoms with Crippen molar-refractivity contribution < 1.29 is 0 Å². The van der Waals surface area contributed by atoms with E-state index in [4.69, 9.17) is 0 Å². The second-order valence-corrected chi connectivity index (χ2v) is 5.12. The molecule has 3 nitrogen and oxygen atoms in total. The van der Waals surface area contributed by atoms with E-state index in [-0.39, 0.29) is 0 Å². The molecule has 16 heavy (non-hydrogen) atoms. The van der Waals surface area contributed by atoms with Crippen LogP contribution in [-0.4, -0.2) is 62.7 Å². The van der Waals surface area contributed by atoms with Gasteiger partial charge in [-0.2, -0.15) is 0 Å². The predicted octanol–water partition coefficient (Wildman–Crippen LogP) is 1.40. The zero-order valence-electron chi connectivity index (χ0n) is 11.3. The molecule has 0 amide bonds. The molecule has 3 heteroatoms. The van der Waals surface area contributed by atoms with Gasteiger partial charge in [-0.15, -0.1) is 0 Å². The Morgan fingerprint density at radius 3 is 2.62 bits per heavy atom. The number of hydrogen-bond donors (Lipinski definition) is 1. The van der Waals surface area contributed by atoms with Crippen LogP contribution in [0.25, 0.3) is 0 Å². The summed E-state index contributed by atoms with van der Waals surface area (Å²) in [5, 5.41) is 3.50. The van der Waals surface area contributed by atoms with Crippen LogP contribution in [-0.2, 0) is 0 Å². The highest BCUT2D eigenvalue weighted by Crippen LogP contribution is 2.13. The third-order valence-corrected chi connectivity index (χ3v) is 3.52. The van der Waals surface area contributed by atoms with E-state index in [2.05, 4.69) is 36.1 Å². The molecule has 0 aromatic rings. The van der Waals surface area contributed by atoms with Crippen molar-refractivity contribution in [1.82, 2.24) is 15.1 Å². The Balaban J connectivity index is 2.27. The van der Waals surface area contributed by atoms with Crippen molar-refractivity contribution >= 4 is 0 Å². The number of nitrogens with one attached hydrogen (secondary N) is 1. The largest absolute Gasteiger partial charge is 0.317 e. The topological polar surface area (TPSA) is 18.5 Å². The summed E-state index contributed by atoms with van der Waals surface area (Å²) in [6, 6.07) is 0.821. The SMILES string of the molecule is CCN(CCCN(C)C)C1CCCNCC1. The maximum absolute atomic E-state index is 3.50. The quantitative estimate of drug-likeness (QED) is 0.740. The van der Waals surface area contributed by atoms with Crippen LogP contribution in [0.3, 0.4) is 0 Å². The van der Waals surface area contributed by atoms with Crippen LogP contribution < -0.4 is 5.32 Å². The molecule has 0 bridgehead atoms. The zero-order valence-corrected chi connectivity index (χ0v) is 11.3. The first kappa shape index (κ1) is 13.9. The summed E-state index contributed by atoms with van der Waals surface area (Å²) in [5.41, 5.74) is 0. The Morgan fingerprint density at radius 1 is 1.12 bits per heavy atom. The molecule has 1 fully saturated rings. The molecule has 1 heterocycles. The normalized spacial score (nSPS) is 22.7. The highest BCUT2D eigenvalue weighted by atomic mass is 15.2. The van der Waals surface area contributed by atoms with Crippen LogP contribution in [0.15, 0.2) is 0 Å². The molecule has 1 saturated heterocycles. The van der Waals surface area contributed by atoms with E-state index >= 15 is 0 Å². The number of nitrogens with zero attached hydrogens (tertiary/aromatic N) is 2. The van der Waals surface area contributed by atoms with Gasteiger partial charge in [0.2, 0.25) is 0 Å². The molecule has 0 aromatic heterocycles. The van der Waals surface area contributed by atoms with Crippen LogP contribution >= 0.6 is 0 Å². The van der Waals surface area contributed by atoms with Gasteiger partial charge in [-0.25, -0.2) is 0 Å². The summed E-state index contributed by atoms with van der Waals surface area (Å²) in [7, 11) is 4.32. The van der Waals surface area contributed by atoms with Crippen molar-refractivity contribution in [3.8, 4) is 0 Å². The molecule has 0 radical (unpaired) electrons. The van der Waals surface area contributed by atoms with Gasteiger partial charge >= 0.3 is 0 Å². The maximum Gasteiger partial charge on any atom is 0.0108 e. The summed E-state index contributed by atoms with van der Waals surface area (Å²) in [5.74, 6) is 0. The van der Waals surface area contributed by atoms with Gasteiger partial charge in [-0.1, -0.05) is 6.92 Å². The Morgan fingerprint density at radius 2 is 1.94 bits per heavy atom. The van der Waals surface area contributed by atoms with E-state index in [0.717, 1.165) is 6.04 Å². The molecule has 1 rings (SSSR count). The summed E-state index contributed by atoms with van der Waals surface area (Å²) in [6.45, 7) is 8.40. The molecule has 1 aliphatic heterocycles. The van der Waals surface area contributed by atoms with Gasteiger partial charge in [0.15, 0.2) is 0 Å². The Bertz CT molecular complexity index is 163. The van der Waals surface area contributed by atoms with Gasteiger partial charge in [-0.3, -0.25) is 0 Å². The van der Waals surface area contributed by atoms with Gasteiger partial charge < -0.3 is 15.1 Å². The van der Waals surface area contributed by atoms with Gasteiger partial charge in [0.25, 0.3) is 0 Å². The lowest BCUT2D eigenvalue weighted by Crippen LogP contribution is -2.37. The highest BCUT2D eigenvalue weighted by Gasteiger charge is 2.17. The van der Waals surface area contributed by atoms with Crippen molar-refractivity contribution in [3.63, 3.8) is 0 Å². The molecule has 0 spiro atoms. The van der Waals surface area contributed by atoms with Gasteiger partial charge in [0.05, 0.1) is 0 Å². The fourth-order valence-electron chi connectivity index (χ4n) is 2.55. The maximum atomic E-state index is 3.50. The minimum absolute atomic E-state index is 0.821. The Labute approximate surface area is 101 Å². The molecule has 0 aromatic carbocycles. The van der Waals surface area contributed by atoms with E-state index in [9.17, 15) is 0 Å². The predicted molar refractivity (Wildman–Crippen MR) is 70.9 cm³/mol. The van der Waals surface area contributed by atoms with E-state index in [1.165, 1.54) is 58.4 Å². The van der Waals surface area contributed by atoms with Gasteiger partial charge in [0, 0.05) is 6.04 Å². The monoisotopic (exact) mass is 227 g/mol. The molecule has 1 N–H and O–H groups in total. The standard InChI is InChI=1S/C13H29N3/c1-4-16(12-6-11-15(2)3)13-7-5-9-14-10-8-13/h13-14H,4-12H2,1-3H3. The lowest BCUT2D eigenvalue weighted by molar-refractivity contribution is 0.182. The van der Waals surface area contributed by atoms with Gasteiger partial charge in [0.1, 0.15) is 0 Å². The zero-order chi connectivity index (χ0) is 11.8. The molecule has 1 atom stereocenters. The summed E-state index contributed by atoms with van der Waals surface area (Å²) < 4.78 is 0. The van der Waals surface area contributed by atoms with E-state index in [0.29, 0.717) is 0 Å². The lowest BCUT2D eigenvalue weighted by atomic mass is 10.1. The molecule has 96 valence electrons. The highest BCUT2D eigenvalue weighted by molar-refractivity contribution is 4.75. The average molecular weight is 227 g/mol. The molecule has 1 unspecified atom stereocenters. The minimum Gasteiger partial charge on any atom is -0.317 e. The van der Waals surface area contributed by atoms with Crippen molar-refractivity contribution in [2.24, 2.45) is 0 Å². The summed E-state index contributed by atoms with van der Waals surface area (Å²) >= 11 is 0. The Kier molecular flexibility index (Phi) is 7.01. The molecule has 0 saturated carbocycles. The van der Waals surface area contributed by atoms with Crippen molar-refractivity contribution in [3.05, 3.63) is 0 Å². The van der Waals surface area contributed by atoms with Crippen molar-refractivity contribution in [2.45, 2.75) is 38.6 Å². The number of rotatable bonds is 6. The fraction of sp³-hybridized carbons (Fsp3) is 1.00. The lowest BCUT2D eigenvalue weighted by Gasteiger charge is -2.30. The van der Waals surface area contributed by atoms with Crippen LogP contribution in [0.5, 0.6) is 0 Å². The molecule has 0 aliphatic carbocycles. The van der Waals surface area contributed by atoms with Crippen LogP contribution in [0, 0.1) is 0 Å². The molecular weight excluding hydrogens is 198 g/mol. The smallest absolute Gasteiger partial charge is 0.0108 e. The number of hydrogen-bond acceptors (Lipinski definition) is 3. The summed E-state index contributed by atoms with van der Waals surface area (Å²) in [6.07, 6.45) is 5.35. The van der Waals surface area contributed by atoms with Crippen LogP contribution in [0.1, 0.15) is 32.6 Å². The second-order valence-electron chi connectivity index (χ2n) is 5.12.